The summed E-state index contributed by atoms with van der Waals surface area (Å²) in [5.74, 6) is 1.53. The quantitative estimate of drug-likeness (QED) is 0.230. The summed E-state index contributed by atoms with van der Waals surface area (Å²) in [6, 6.07) is 21.4. The molecule has 1 aliphatic heterocycles. The van der Waals surface area contributed by atoms with E-state index in [9.17, 15) is 9.59 Å². The summed E-state index contributed by atoms with van der Waals surface area (Å²) in [5.41, 5.74) is 2.84. The van der Waals surface area contributed by atoms with Crippen LogP contribution in [0.5, 0.6) is 17.2 Å². The number of carbonyl (C=O) groups is 2. The van der Waals surface area contributed by atoms with Gasteiger partial charge in [-0.3, -0.25) is 9.59 Å². The summed E-state index contributed by atoms with van der Waals surface area (Å²) < 4.78 is 22.6. The number of rotatable bonds is 11. The van der Waals surface area contributed by atoms with Crippen LogP contribution in [0.1, 0.15) is 23.3 Å². The Morgan fingerprint density at radius 3 is 2.12 bits per heavy atom. The van der Waals surface area contributed by atoms with Gasteiger partial charge in [0.1, 0.15) is 17.2 Å². The maximum absolute atomic E-state index is 14.2. The van der Waals surface area contributed by atoms with Crippen LogP contribution in [0.3, 0.4) is 0 Å². The van der Waals surface area contributed by atoms with Crippen LogP contribution in [0.25, 0.3) is 0 Å². The van der Waals surface area contributed by atoms with Crippen LogP contribution >= 0.6 is 11.8 Å². The molecule has 1 aliphatic rings. The van der Waals surface area contributed by atoms with Crippen LogP contribution < -0.4 is 19.1 Å². The second-order valence-electron chi connectivity index (χ2n) is 10.7. The number of quaternary nitrogens is 1. The van der Waals surface area contributed by atoms with Crippen LogP contribution in [-0.2, 0) is 20.7 Å². The van der Waals surface area contributed by atoms with E-state index in [-0.39, 0.29) is 5.91 Å². The molecule has 1 amide bonds. The minimum absolute atomic E-state index is 0.226. The molecule has 1 heterocycles. The smallest absolute Gasteiger partial charge is 0.303 e. The number of fused-ring (bicyclic) bond motifs is 1. The zero-order valence-electron chi connectivity index (χ0n) is 24.6. The largest absolute Gasteiger partial charge is 0.497 e. The van der Waals surface area contributed by atoms with Crippen molar-refractivity contribution in [2.24, 2.45) is 0 Å². The second-order valence-corrected chi connectivity index (χ2v) is 11.8. The first-order chi connectivity index (χ1) is 19.6. The maximum Gasteiger partial charge on any atom is 0.303 e. The zero-order valence-corrected chi connectivity index (χ0v) is 25.4. The van der Waals surface area contributed by atoms with Gasteiger partial charge in [0.05, 0.1) is 66.0 Å². The van der Waals surface area contributed by atoms with E-state index < -0.39 is 17.3 Å². The lowest BCUT2D eigenvalue weighted by Gasteiger charge is -2.34. The van der Waals surface area contributed by atoms with E-state index in [2.05, 4.69) is 14.1 Å². The molecule has 0 N–H and O–H groups in total. The van der Waals surface area contributed by atoms with Crippen LogP contribution in [-0.4, -0.2) is 77.5 Å². The van der Waals surface area contributed by atoms with E-state index in [0.717, 1.165) is 51.9 Å². The maximum atomic E-state index is 14.2. The van der Waals surface area contributed by atoms with Gasteiger partial charge in [-0.1, -0.05) is 24.3 Å². The fourth-order valence-corrected chi connectivity index (χ4v) is 6.18. The molecule has 218 valence electrons. The summed E-state index contributed by atoms with van der Waals surface area (Å²) in [6.45, 7) is 3.36. The number of hydrogen-bond acceptors (Lipinski definition) is 7. The zero-order chi connectivity index (χ0) is 29.6. The number of methoxy groups -OCH3 is 3. The summed E-state index contributed by atoms with van der Waals surface area (Å²) >= 11 is 1.54. The van der Waals surface area contributed by atoms with Crippen molar-refractivity contribution >= 4 is 29.3 Å². The van der Waals surface area contributed by atoms with Gasteiger partial charge in [0.2, 0.25) is 0 Å². The third-order valence-corrected chi connectivity index (χ3v) is 8.65. The highest BCUT2D eigenvalue weighted by atomic mass is 32.2. The molecule has 41 heavy (non-hydrogen) atoms. The molecule has 4 rings (SSSR count). The number of amides is 1. The standard InChI is InChI=1S/C32H39N2O6S/c1-22(35)40-30-31(24-11-13-25(37-4)14-12-24)41-29-10-8-7-9-28(29)33(32(30)36)16-18-34(2,3)17-15-23-19-26(38-5)21-27(20-23)39-6/h7-14,19-21,30-31H,15-18H2,1-6H3/q+1. The molecule has 8 nitrogen and oxygen atoms in total. The summed E-state index contributed by atoms with van der Waals surface area (Å²) in [7, 11) is 9.22. The third-order valence-electron chi connectivity index (χ3n) is 7.28. The van der Waals surface area contributed by atoms with Crippen molar-refractivity contribution in [1.29, 1.82) is 0 Å². The molecule has 2 atom stereocenters. The Morgan fingerprint density at radius 1 is 0.878 bits per heavy atom. The number of hydrogen-bond donors (Lipinski definition) is 0. The average Bonchev–Trinajstić information content (AvgIpc) is 3.08. The molecule has 3 aromatic rings. The van der Waals surface area contributed by atoms with Gasteiger partial charge in [-0.25, -0.2) is 0 Å². The van der Waals surface area contributed by atoms with Crippen LogP contribution in [0.2, 0.25) is 0 Å². The van der Waals surface area contributed by atoms with Gasteiger partial charge < -0.3 is 28.3 Å². The van der Waals surface area contributed by atoms with Crippen molar-refractivity contribution in [3.05, 3.63) is 77.9 Å². The Bertz CT molecular complexity index is 1340. The topological polar surface area (TPSA) is 74.3 Å². The van der Waals surface area contributed by atoms with Gasteiger partial charge in [0.25, 0.3) is 5.91 Å². The normalized spacial score (nSPS) is 16.9. The van der Waals surface area contributed by atoms with Crippen molar-refractivity contribution in [3.63, 3.8) is 0 Å². The average molecular weight is 580 g/mol. The second kappa shape index (κ2) is 13.3. The van der Waals surface area contributed by atoms with E-state index >= 15 is 0 Å². The molecule has 0 aliphatic carbocycles. The van der Waals surface area contributed by atoms with Crippen LogP contribution in [0, 0.1) is 0 Å². The third kappa shape index (κ3) is 7.54. The predicted molar refractivity (Wildman–Crippen MR) is 161 cm³/mol. The number of para-hydroxylation sites is 1. The molecule has 0 saturated carbocycles. The molecule has 0 radical (unpaired) electrons. The van der Waals surface area contributed by atoms with Crippen molar-refractivity contribution in [1.82, 2.24) is 0 Å². The highest BCUT2D eigenvalue weighted by molar-refractivity contribution is 7.99. The Morgan fingerprint density at radius 2 is 1.51 bits per heavy atom. The molecule has 0 aromatic heterocycles. The van der Waals surface area contributed by atoms with Gasteiger partial charge >= 0.3 is 5.97 Å². The van der Waals surface area contributed by atoms with Crippen molar-refractivity contribution in [3.8, 4) is 17.2 Å². The van der Waals surface area contributed by atoms with E-state index in [1.807, 2.05) is 66.7 Å². The molecule has 3 aromatic carbocycles. The minimum atomic E-state index is -0.974. The molecule has 0 fully saturated rings. The minimum Gasteiger partial charge on any atom is -0.497 e. The Balaban J connectivity index is 1.57. The monoisotopic (exact) mass is 579 g/mol. The highest BCUT2D eigenvalue weighted by Gasteiger charge is 2.41. The van der Waals surface area contributed by atoms with E-state index in [0.29, 0.717) is 17.6 Å². The molecular formula is C32H39N2O6S+. The van der Waals surface area contributed by atoms with Gasteiger partial charge in [0, 0.05) is 24.3 Å². The Labute approximate surface area is 246 Å². The van der Waals surface area contributed by atoms with Crippen LogP contribution in [0.15, 0.2) is 71.6 Å². The van der Waals surface area contributed by atoms with Crippen molar-refractivity contribution in [2.75, 3.05) is 60.0 Å². The molecular weight excluding hydrogens is 540 g/mol. The highest BCUT2D eigenvalue weighted by Crippen LogP contribution is 2.47. The number of benzene rings is 3. The number of esters is 1. The van der Waals surface area contributed by atoms with Gasteiger partial charge in [-0.15, -0.1) is 11.8 Å². The SMILES string of the molecule is COc1ccc(C2Sc3ccccc3N(CC[N+](C)(C)CCc3cc(OC)cc(OC)c3)C(=O)C2OC(C)=O)cc1. The van der Waals surface area contributed by atoms with Crippen molar-refractivity contribution in [2.45, 2.75) is 29.6 Å². The lowest BCUT2D eigenvalue weighted by atomic mass is 10.1. The summed E-state index contributed by atoms with van der Waals surface area (Å²) in [4.78, 5) is 29.1. The Hall–Kier alpha value is -3.69. The molecule has 0 spiro atoms. The fraction of sp³-hybridized carbons (Fsp3) is 0.375. The summed E-state index contributed by atoms with van der Waals surface area (Å²) in [5, 5.41) is -0.408. The lowest BCUT2D eigenvalue weighted by Crippen LogP contribution is -2.50. The van der Waals surface area contributed by atoms with E-state index in [1.165, 1.54) is 6.92 Å². The summed E-state index contributed by atoms with van der Waals surface area (Å²) in [6.07, 6.45) is -0.158. The lowest BCUT2D eigenvalue weighted by molar-refractivity contribution is -0.888. The number of ether oxygens (including phenoxy) is 4. The van der Waals surface area contributed by atoms with Gasteiger partial charge in [0.15, 0.2) is 6.10 Å². The number of anilines is 1. The van der Waals surface area contributed by atoms with Gasteiger partial charge in [-0.05, 0) is 47.5 Å². The van der Waals surface area contributed by atoms with Crippen molar-refractivity contribution < 1.29 is 33.0 Å². The molecule has 2 unspecified atom stereocenters. The number of nitrogens with zero attached hydrogens (tertiary/aromatic N) is 2. The number of carbonyl (C=O) groups excluding carboxylic acids is 2. The predicted octanol–water partition coefficient (Wildman–Crippen LogP) is 5.14. The number of thioether (sulfide) groups is 1. The van der Waals surface area contributed by atoms with E-state index in [1.54, 1.807) is 38.0 Å². The first kappa shape index (κ1) is 30.3. The molecule has 0 bridgehead atoms. The van der Waals surface area contributed by atoms with Crippen LogP contribution in [0.4, 0.5) is 5.69 Å². The fourth-order valence-electron chi connectivity index (χ4n) is 4.86. The molecule has 0 saturated heterocycles. The molecule has 9 heteroatoms. The first-order valence-corrected chi connectivity index (χ1v) is 14.4. The van der Waals surface area contributed by atoms with Gasteiger partial charge in [-0.2, -0.15) is 0 Å². The van der Waals surface area contributed by atoms with E-state index in [4.69, 9.17) is 18.9 Å². The number of likely N-dealkylation sites (N-methyl/N-ethyl adjacent to an activating group) is 1. The first-order valence-electron chi connectivity index (χ1n) is 13.6. The Kier molecular flexibility index (Phi) is 9.83.